The summed E-state index contributed by atoms with van der Waals surface area (Å²) in [5.74, 6) is -0.359. The van der Waals surface area contributed by atoms with Gasteiger partial charge in [0.15, 0.2) is 6.23 Å². The van der Waals surface area contributed by atoms with Crippen LogP contribution in [0.15, 0.2) is 17.2 Å². The standard InChI is InChI=1S/C14H15FN4O/c1-2-19-5-10-13-11(6-19)17-18-14(20)8-3-7(15)4-9(16-10)12(8)13/h3-4,14,16,18,20H,2,5-6H2,1H3. The monoisotopic (exact) mass is 274 g/mol. The summed E-state index contributed by atoms with van der Waals surface area (Å²) < 4.78 is 13.7. The Morgan fingerprint density at radius 1 is 1.45 bits per heavy atom. The highest BCUT2D eigenvalue weighted by Gasteiger charge is 2.30. The summed E-state index contributed by atoms with van der Waals surface area (Å²) in [6, 6.07) is 2.85. The molecule has 104 valence electrons. The molecule has 0 fully saturated rings. The molecular formula is C14H15FN4O. The lowest BCUT2D eigenvalue weighted by Crippen LogP contribution is -2.35. The SMILES string of the molecule is CCN1CC2=NNC(O)c3cc(F)cc4[nH]c(c2c34)C1. The van der Waals surface area contributed by atoms with Crippen molar-refractivity contribution in [2.75, 3.05) is 13.1 Å². The molecule has 0 aliphatic carbocycles. The van der Waals surface area contributed by atoms with Crippen molar-refractivity contribution in [1.82, 2.24) is 15.3 Å². The topological polar surface area (TPSA) is 63.6 Å². The summed E-state index contributed by atoms with van der Waals surface area (Å²) in [6.07, 6.45) is -0.985. The summed E-state index contributed by atoms with van der Waals surface area (Å²) >= 11 is 0. The third-order valence-electron chi connectivity index (χ3n) is 4.08. The van der Waals surface area contributed by atoms with E-state index in [-0.39, 0.29) is 5.82 Å². The second kappa shape index (κ2) is 4.04. The number of nitrogens with zero attached hydrogens (tertiary/aromatic N) is 2. The summed E-state index contributed by atoms with van der Waals surface area (Å²) in [7, 11) is 0. The van der Waals surface area contributed by atoms with Crippen molar-refractivity contribution in [2.24, 2.45) is 5.10 Å². The molecule has 2 aliphatic heterocycles. The first-order valence-electron chi connectivity index (χ1n) is 6.74. The number of hydrazone groups is 1. The van der Waals surface area contributed by atoms with Crippen LogP contribution in [-0.2, 0) is 6.54 Å². The van der Waals surface area contributed by atoms with Crippen LogP contribution in [-0.4, -0.2) is 33.8 Å². The molecular weight excluding hydrogens is 259 g/mol. The van der Waals surface area contributed by atoms with E-state index in [0.717, 1.165) is 47.5 Å². The molecule has 1 aromatic carbocycles. The van der Waals surface area contributed by atoms with Crippen molar-refractivity contribution in [3.63, 3.8) is 0 Å². The number of aromatic nitrogens is 1. The van der Waals surface area contributed by atoms with E-state index in [2.05, 4.69) is 27.3 Å². The zero-order valence-corrected chi connectivity index (χ0v) is 11.1. The summed E-state index contributed by atoms with van der Waals surface area (Å²) in [5.41, 5.74) is 6.92. The van der Waals surface area contributed by atoms with Crippen LogP contribution < -0.4 is 5.43 Å². The highest BCUT2D eigenvalue weighted by atomic mass is 19.1. The molecule has 4 rings (SSSR count). The van der Waals surface area contributed by atoms with Gasteiger partial charge in [-0.05, 0) is 18.7 Å². The molecule has 2 aromatic rings. The van der Waals surface area contributed by atoms with Gasteiger partial charge in [0, 0.05) is 40.8 Å². The molecule has 1 unspecified atom stereocenters. The molecule has 0 spiro atoms. The normalized spacial score (nSPS) is 21.6. The number of halogens is 1. The van der Waals surface area contributed by atoms with Crippen molar-refractivity contribution in [1.29, 1.82) is 0 Å². The largest absolute Gasteiger partial charge is 0.368 e. The van der Waals surface area contributed by atoms with Crippen molar-refractivity contribution in [3.05, 3.63) is 34.8 Å². The lowest BCUT2D eigenvalue weighted by atomic mass is 9.98. The minimum atomic E-state index is -0.985. The highest BCUT2D eigenvalue weighted by Crippen LogP contribution is 2.34. The van der Waals surface area contributed by atoms with Gasteiger partial charge in [0.05, 0.1) is 5.71 Å². The molecule has 0 saturated carbocycles. The first-order valence-corrected chi connectivity index (χ1v) is 6.74. The lowest BCUT2D eigenvalue weighted by Gasteiger charge is -2.26. The fourth-order valence-corrected chi connectivity index (χ4v) is 3.13. The van der Waals surface area contributed by atoms with Crippen molar-refractivity contribution in [2.45, 2.75) is 19.7 Å². The molecule has 20 heavy (non-hydrogen) atoms. The second-order valence-corrected chi connectivity index (χ2v) is 5.29. The molecule has 5 nitrogen and oxygen atoms in total. The number of rotatable bonds is 1. The van der Waals surface area contributed by atoms with Gasteiger partial charge < -0.3 is 10.1 Å². The van der Waals surface area contributed by atoms with E-state index in [9.17, 15) is 9.50 Å². The Balaban J connectivity index is 2.06. The third kappa shape index (κ3) is 1.52. The van der Waals surface area contributed by atoms with Gasteiger partial charge in [0.2, 0.25) is 0 Å². The molecule has 1 atom stereocenters. The summed E-state index contributed by atoms with van der Waals surface area (Å²) in [5, 5.41) is 15.3. The van der Waals surface area contributed by atoms with Crippen LogP contribution >= 0.6 is 0 Å². The van der Waals surface area contributed by atoms with Gasteiger partial charge in [0.1, 0.15) is 5.82 Å². The van der Waals surface area contributed by atoms with E-state index in [1.807, 2.05) is 0 Å². The van der Waals surface area contributed by atoms with Crippen LogP contribution in [0.4, 0.5) is 4.39 Å². The number of aromatic amines is 1. The molecule has 3 heterocycles. The average Bonchev–Trinajstić information content (AvgIpc) is 2.73. The molecule has 0 saturated heterocycles. The van der Waals surface area contributed by atoms with E-state index in [4.69, 9.17) is 0 Å². The molecule has 1 aromatic heterocycles. The maximum Gasteiger partial charge on any atom is 0.166 e. The van der Waals surface area contributed by atoms with Crippen molar-refractivity contribution in [3.8, 4) is 0 Å². The Kier molecular flexibility index (Phi) is 2.40. The maximum absolute atomic E-state index is 13.7. The zero-order chi connectivity index (χ0) is 13.9. The van der Waals surface area contributed by atoms with Gasteiger partial charge in [-0.15, -0.1) is 0 Å². The number of hydrogen-bond acceptors (Lipinski definition) is 4. The number of benzene rings is 1. The number of hydrogen-bond donors (Lipinski definition) is 3. The van der Waals surface area contributed by atoms with E-state index < -0.39 is 6.23 Å². The van der Waals surface area contributed by atoms with Crippen LogP contribution in [0.3, 0.4) is 0 Å². The zero-order valence-electron chi connectivity index (χ0n) is 11.1. The predicted octanol–water partition coefficient (Wildman–Crippen LogP) is 1.44. The fourth-order valence-electron chi connectivity index (χ4n) is 3.13. The van der Waals surface area contributed by atoms with Crippen LogP contribution in [0.5, 0.6) is 0 Å². The second-order valence-electron chi connectivity index (χ2n) is 5.29. The van der Waals surface area contributed by atoms with Gasteiger partial charge in [-0.2, -0.15) is 5.10 Å². The Labute approximate surface area is 115 Å². The van der Waals surface area contributed by atoms with Crippen LogP contribution in [0.25, 0.3) is 10.9 Å². The molecule has 6 heteroatoms. The van der Waals surface area contributed by atoms with E-state index in [1.54, 1.807) is 0 Å². The highest BCUT2D eigenvalue weighted by molar-refractivity contribution is 6.14. The van der Waals surface area contributed by atoms with Crippen molar-refractivity contribution < 1.29 is 9.50 Å². The number of aliphatic hydroxyl groups is 1. The average molecular weight is 274 g/mol. The van der Waals surface area contributed by atoms with E-state index in [1.165, 1.54) is 12.1 Å². The number of aliphatic hydroxyl groups excluding tert-OH is 1. The third-order valence-corrected chi connectivity index (χ3v) is 4.08. The van der Waals surface area contributed by atoms with Gasteiger partial charge in [-0.1, -0.05) is 6.92 Å². The minimum absolute atomic E-state index is 0.359. The van der Waals surface area contributed by atoms with Crippen molar-refractivity contribution >= 4 is 16.6 Å². The predicted molar refractivity (Wildman–Crippen MR) is 73.8 cm³/mol. The minimum Gasteiger partial charge on any atom is -0.368 e. The van der Waals surface area contributed by atoms with Gasteiger partial charge in [0.25, 0.3) is 0 Å². The summed E-state index contributed by atoms with van der Waals surface area (Å²) in [4.78, 5) is 5.52. The lowest BCUT2D eigenvalue weighted by molar-refractivity contribution is 0.142. The molecule has 2 aliphatic rings. The van der Waals surface area contributed by atoms with Crippen LogP contribution in [0.2, 0.25) is 0 Å². The quantitative estimate of drug-likeness (QED) is 0.737. The smallest absolute Gasteiger partial charge is 0.166 e. The van der Waals surface area contributed by atoms with E-state index in [0.29, 0.717) is 5.56 Å². The fraction of sp³-hybridized carbons (Fsp3) is 0.357. The van der Waals surface area contributed by atoms with Gasteiger partial charge in [-0.3, -0.25) is 10.3 Å². The summed E-state index contributed by atoms with van der Waals surface area (Å²) in [6.45, 7) is 4.53. The Bertz CT molecular complexity index is 736. The Hall–Kier alpha value is -1.92. The van der Waals surface area contributed by atoms with Crippen LogP contribution in [0.1, 0.15) is 30.0 Å². The Morgan fingerprint density at radius 3 is 3.10 bits per heavy atom. The first-order chi connectivity index (χ1) is 9.67. The van der Waals surface area contributed by atoms with Gasteiger partial charge in [-0.25, -0.2) is 4.39 Å². The number of H-pyrrole nitrogens is 1. The number of likely N-dealkylation sites (N-methyl/N-ethyl adjacent to an activating group) is 1. The van der Waals surface area contributed by atoms with E-state index >= 15 is 0 Å². The Morgan fingerprint density at radius 2 is 2.30 bits per heavy atom. The molecule has 3 N–H and O–H groups in total. The molecule has 0 radical (unpaired) electrons. The molecule has 0 bridgehead atoms. The molecule has 0 amide bonds. The number of nitrogens with one attached hydrogen (secondary N) is 2. The van der Waals surface area contributed by atoms with Crippen LogP contribution in [0, 0.1) is 5.82 Å². The first kappa shape index (κ1) is 11.9. The van der Waals surface area contributed by atoms with Gasteiger partial charge >= 0.3 is 0 Å². The maximum atomic E-state index is 13.7.